The van der Waals surface area contributed by atoms with Crippen LogP contribution in [0.4, 0.5) is 26.0 Å². The zero-order valence-electron chi connectivity index (χ0n) is 23.7. The SMILES string of the molecule is O=C1NCCCc2ccnc3c2N(CC3)c2cccc(c2)O[C@H]2C[C@@H]1N(c1ncnc3c1cnn3-c1ccc(F)cc1F)C2. The Morgan fingerprint density at radius 2 is 1.95 bits per heavy atom. The lowest BCUT2D eigenvalue weighted by Gasteiger charge is -2.25. The average Bonchev–Trinajstić information content (AvgIpc) is 3.76. The Balaban J connectivity index is 1.15. The molecule has 0 saturated carbocycles. The molecule has 8 rings (SSSR count). The third kappa shape index (κ3) is 4.48. The Hall–Kier alpha value is -5.13. The predicted molar refractivity (Wildman–Crippen MR) is 159 cm³/mol. The van der Waals surface area contributed by atoms with E-state index in [0.717, 1.165) is 54.7 Å². The number of hydrogen-bond acceptors (Lipinski definition) is 8. The molecule has 0 radical (unpaired) electrons. The standard InChI is InChI=1S/C32H28F2N8O2/c33-20-6-7-27(25(34)13-20)42-31-24(16-39-42)30(37-18-38-31)41-17-23-15-28(41)32(43)36-10-2-3-19-8-11-35-26-9-12-40(29(19)26)21-4-1-5-22(14-21)44-23/h1,4-8,11,13-14,16,18,23,28H,2-3,9-10,12,15,17H2,(H,36,43)/t23-,28-/m0/s1. The Morgan fingerprint density at radius 1 is 1.02 bits per heavy atom. The van der Waals surface area contributed by atoms with E-state index in [1.54, 1.807) is 6.20 Å². The Bertz CT molecular complexity index is 1910. The van der Waals surface area contributed by atoms with Crippen LogP contribution in [0.25, 0.3) is 16.7 Å². The highest BCUT2D eigenvalue weighted by atomic mass is 19.1. The van der Waals surface area contributed by atoms with Gasteiger partial charge in [-0.25, -0.2) is 23.4 Å². The zero-order chi connectivity index (χ0) is 29.8. The number of nitrogens with zero attached hydrogens (tertiary/aromatic N) is 7. The summed E-state index contributed by atoms with van der Waals surface area (Å²) >= 11 is 0. The molecule has 5 aromatic rings. The van der Waals surface area contributed by atoms with Crippen molar-refractivity contribution in [3.8, 4) is 11.4 Å². The van der Waals surface area contributed by atoms with Gasteiger partial charge in [0, 0.05) is 49.9 Å². The molecule has 1 fully saturated rings. The van der Waals surface area contributed by atoms with Crippen molar-refractivity contribution in [3.63, 3.8) is 0 Å². The molecular formula is C32H28F2N8O2. The molecule has 222 valence electrons. The first-order valence-corrected chi connectivity index (χ1v) is 14.7. The number of nitrogens with one attached hydrogen (secondary N) is 1. The van der Waals surface area contributed by atoms with Crippen LogP contribution in [0.15, 0.2) is 67.3 Å². The molecule has 3 aromatic heterocycles. The first-order valence-electron chi connectivity index (χ1n) is 14.7. The average molecular weight is 595 g/mol. The fourth-order valence-electron chi connectivity index (χ4n) is 6.62. The summed E-state index contributed by atoms with van der Waals surface area (Å²) < 4.78 is 36.1. The molecule has 2 aromatic carbocycles. The second-order valence-electron chi connectivity index (χ2n) is 11.3. The van der Waals surface area contributed by atoms with Crippen molar-refractivity contribution in [1.82, 2.24) is 30.0 Å². The number of benzene rings is 2. The summed E-state index contributed by atoms with van der Waals surface area (Å²) in [4.78, 5) is 31.5. The topological polar surface area (TPSA) is 101 Å². The Kier molecular flexibility index (Phi) is 6.35. The van der Waals surface area contributed by atoms with Crippen LogP contribution in [-0.2, 0) is 17.6 Å². The summed E-state index contributed by atoms with van der Waals surface area (Å²) in [7, 11) is 0. The van der Waals surface area contributed by atoms with E-state index in [2.05, 4.69) is 42.4 Å². The molecule has 0 aliphatic carbocycles. The smallest absolute Gasteiger partial charge is 0.242 e. The Labute approximate surface area is 251 Å². The van der Waals surface area contributed by atoms with Gasteiger partial charge >= 0.3 is 0 Å². The first kappa shape index (κ1) is 26.5. The molecule has 44 heavy (non-hydrogen) atoms. The Morgan fingerprint density at radius 3 is 2.86 bits per heavy atom. The summed E-state index contributed by atoms with van der Waals surface area (Å²) in [6, 6.07) is 12.9. The van der Waals surface area contributed by atoms with E-state index in [-0.39, 0.29) is 17.7 Å². The number of hydrogen-bond donors (Lipinski definition) is 1. The minimum Gasteiger partial charge on any atom is -0.488 e. The van der Waals surface area contributed by atoms with Crippen LogP contribution in [-0.4, -0.2) is 62.4 Å². The molecule has 3 aliphatic heterocycles. The molecule has 0 spiro atoms. The van der Waals surface area contributed by atoms with E-state index in [1.165, 1.54) is 28.7 Å². The third-order valence-corrected chi connectivity index (χ3v) is 8.60. The van der Waals surface area contributed by atoms with Gasteiger partial charge in [0.05, 0.1) is 29.5 Å². The van der Waals surface area contributed by atoms with Crippen LogP contribution in [0.2, 0.25) is 0 Å². The van der Waals surface area contributed by atoms with Crippen LogP contribution in [0.3, 0.4) is 0 Å². The van der Waals surface area contributed by atoms with Gasteiger partial charge in [-0.3, -0.25) is 9.78 Å². The van der Waals surface area contributed by atoms with Gasteiger partial charge in [-0.15, -0.1) is 0 Å². The van der Waals surface area contributed by atoms with Gasteiger partial charge in [-0.05, 0) is 48.7 Å². The van der Waals surface area contributed by atoms with Crippen molar-refractivity contribution in [2.45, 2.75) is 37.8 Å². The van der Waals surface area contributed by atoms with E-state index in [0.29, 0.717) is 36.4 Å². The number of aromatic nitrogens is 5. The second-order valence-corrected chi connectivity index (χ2v) is 11.3. The summed E-state index contributed by atoms with van der Waals surface area (Å²) in [6.45, 7) is 1.75. The summed E-state index contributed by atoms with van der Waals surface area (Å²) in [6.07, 6.45) is 7.38. The maximum Gasteiger partial charge on any atom is 0.242 e. The van der Waals surface area contributed by atoms with Crippen molar-refractivity contribution < 1.29 is 18.3 Å². The number of ether oxygens (including phenoxy) is 1. The van der Waals surface area contributed by atoms with Gasteiger partial charge in [-0.1, -0.05) is 6.07 Å². The summed E-state index contributed by atoms with van der Waals surface area (Å²) in [5.74, 6) is -0.352. The molecule has 0 unspecified atom stereocenters. The lowest BCUT2D eigenvalue weighted by Crippen LogP contribution is -2.44. The summed E-state index contributed by atoms with van der Waals surface area (Å²) in [5.41, 5.74) is 4.92. The molecule has 1 N–H and O–H groups in total. The quantitative estimate of drug-likeness (QED) is 0.324. The normalized spacial score (nSPS) is 19.7. The number of aryl methyl sites for hydroxylation is 1. The fraction of sp³-hybridized carbons (Fsp3) is 0.281. The number of carbonyl (C=O) groups is 1. The number of rotatable bonds is 2. The van der Waals surface area contributed by atoms with Gasteiger partial charge < -0.3 is 19.9 Å². The van der Waals surface area contributed by atoms with Crippen LogP contribution in [0, 0.1) is 11.6 Å². The molecule has 6 heterocycles. The fourth-order valence-corrected chi connectivity index (χ4v) is 6.62. The number of carbonyl (C=O) groups excluding carboxylic acids is 1. The van der Waals surface area contributed by atoms with Crippen LogP contribution in [0.1, 0.15) is 24.1 Å². The molecule has 1 amide bonds. The zero-order valence-corrected chi connectivity index (χ0v) is 23.7. The van der Waals surface area contributed by atoms with E-state index in [4.69, 9.17) is 4.74 Å². The molecule has 1 saturated heterocycles. The lowest BCUT2D eigenvalue weighted by atomic mass is 10.1. The van der Waals surface area contributed by atoms with Gasteiger partial charge in [0.2, 0.25) is 5.91 Å². The van der Waals surface area contributed by atoms with Crippen molar-refractivity contribution in [1.29, 1.82) is 0 Å². The molecular weight excluding hydrogens is 566 g/mol. The summed E-state index contributed by atoms with van der Waals surface area (Å²) in [5, 5.41) is 8.03. The predicted octanol–water partition coefficient (Wildman–Crippen LogP) is 4.27. The van der Waals surface area contributed by atoms with Crippen molar-refractivity contribution in [3.05, 3.63) is 90.1 Å². The number of fused-ring (bicyclic) bond motifs is 6. The van der Waals surface area contributed by atoms with E-state index in [9.17, 15) is 13.6 Å². The largest absolute Gasteiger partial charge is 0.488 e. The maximum absolute atomic E-state index is 14.7. The lowest BCUT2D eigenvalue weighted by molar-refractivity contribution is -0.122. The number of amides is 1. The van der Waals surface area contributed by atoms with E-state index < -0.39 is 17.7 Å². The number of anilines is 3. The van der Waals surface area contributed by atoms with Gasteiger partial charge in [0.1, 0.15) is 41.5 Å². The van der Waals surface area contributed by atoms with Crippen LogP contribution in [0.5, 0.6) is 5.75 Å². The van der Waals surface area contributed by atoms with Crippen molar-refractivity contribution in [2.75, 3.05) is 29.4 Å². The highest BCUT2D eigenvalue weighted by Crippen LogP contribution is 2.39. The highest BCUT2D eigenvalue weighted by Gasteiger charge is 2.40. The maximum atomic E-state index is 14.7. The van der Waals surface area contributed by atoms with Crippen LogP contribution < -0.4 is 19.9 Å². The molecule has 2 atom stereocenters. The second kappa shape index (κ2) is 10.5. The molecule has 12 heteroatoms. The number of pyridine rings is 1. The monoisotopic (exact) mass is 594 g/mol. The van der Waals surface area contributed by atoms with Gasteiger partial charge in [0.15, 0.2) is 11.5 Å². The van der Waals surface area contributed by atoms with E-state index in [1.807, 2.05) is 29.3 Å². The molecule has 4 bridgehead atoms. The molecule has 10 nitrogen and oxygen atoms in total. The van der Waals surface area contributed by atoms with Gasteiger partial charge in [0.25, 0.3) is 0 Å². The number of halogens is 2. The van der Waals surface area contributed by atoms with Crippen molar-refractivity contribution in [2.24, 2.45) is 0 Å². The van der Waals surface area contributed by atoms with Crippen molar-refractivity contribution >= 4 is 34.1 Å². The van der Waals surface area contributed by atoms with Gasteiger partial charge in [-0.2, -0.15) is 5.10 Å². The molecule has 3 aliphatic rings. The van der Waals surface area contributed by atoms with E-state index >= 15 is 0 Å². The minimum absolute atomic E-state index is 0.0618. The minimum atomic E-state index is -0.763. The third-order valence-electron chi connectivity index (χ3n) is 8.60. The first-order chi connectivity index (χ1) is 21.5. The van der Waals surface area contributed by atoms with Crippen LogP contribution >= 0.6 is 0 Å². The highest BCUT2D eigenvalue weighted by molar-refractivity contribution is 5.92.